The van der Waals surface area contributed by atoms with Gasteiger partial charge in [0.15, 0.2) is 0 Å². The number of carboxylic acid groups (broad SMARTS) is 1. The summed E-state index contributed by atoms with van der Waals surface area (Å²) in [4.78, 5) is 14.8. The number of nitrogens with zero attached hydrogens (tertiary/aromatic N) is 1. The molecule has 1 N–H and O–H groups in total. The van der Waals surface area contributed by atoms with Gasteiger partial charge in [0.1, 0.15) is 0 Å². The van der Waals surface area contributed by atoms with E-state index in [4.69, 9.17) is 5.11 Å². The zero-order valence-electron chi connectivity index (χ0n) is 7.64. The summed E-state index contributed by atoms with van der Waals surface area (Å²) in [6, 6.07) is 3.77. The topological polar surface area (TPSA) is 50.2 Å². The van der Waals surface area contributed by atoms with Crippen molar-refractivity contribution in [2.45, 2.75) is 19.3 Å². The van der Waals surface area contributed by atoms with Crippen molar-refractivity contribution in [3.05, 3.63) is 30.1 Å². The van der Waals surface area contributed by atoms with E-state index in [-0.39, 0.29) is 12.4 Å². The van der Waals surface area contributed by atoms with E-state index in [0.717, 1.165) is 18.4 Å². The molecule has 2 rings (SSSR count). The van der Waals surface area contributed by atoms with Crippen LogP contribution in [0.25, 0.3) is 0 Å². The molecule has 0 aromatic carbocycles. The molecule has 0 spiro atoms. The SMILES string of the molecule is Cl.O=C(O)C1(Cc2cccnc2)CC1. The van der Waals surface area contributed by atoms with Gasteiger partial charge in [0, 0.05) is 12.4 Å². The number of hydrogen-bond donors (Lipinski definition) is 1. The van der Waals surface area contributed by atoms with Crippen molar-refractivity contribution in [3.8, 4) is 0 Å². The summed E-state index contributed by atoms with van der Waals surface area (Å²) in [7, 11) is 0. The predicted molar refractivity (Wildman–Crippen MR) is 54.5 cm³/mol. The molecule has 76 valence electrons. The average molecular weight is 214 g/mol. The molecule has 0 aliphatic heterocycles. The van der Waals surface area contributed by atoms with Gasteiger partial charge in [-0.1, -0.05) is 6.07 Å². The van der Waals surface area contributed by atoms with Crippen LogP contribution in [0.15, 0.2) is 24.5 Å². The van der Waals surface area contributed by atoms with Crippen LogP contribution in [-0.4, -0.2) is 16.1 Å². The van der Waals surface area contributed by atoms with Crippen LogP contribution >= 0.6 is 12.4 Å². The zero-order chi connectivity index (χ0) is 9.31. The van der Waals surface area contributed by atoms with Gasteiger partial charge in [0.05, 0.1) is 5.41 Å². The second-order valence-corrected chi connectivity index (χ2v) is 3.62. The summed E-state index contributed by atoms with van der Waals surface area (Å²) >= 11 is 0. The molecule has 14 heavy (non-hydrogen) atoms. The molecule has 4 heteroatoms. The Kier molecular flexibility index (Phi) is 3.11. The Bertz CT molecular complexity index is 322. The number of hydrogen-bond acceptors (Lipinski definition) is 2. The molecule has 0 unspecified atom stereocenters. The number of halogens is 1. The number of aromatic nitrogens is 1. The zero-order valence-corrected chi connectivity index (χ0v) is 8.46. The van der Waals surface area contributed by atoms with Crippen molar-refractivity contribution in [1.82, 2.24) is 4.98 Å². The molecule has 1 aromatic rings. The van der Waals surface area contributed by atoms with Crippen LogP contribution < -0.4 is 0 Å². The highest BCUT2D eigenvalue weighted by Crippen LogP contribution is 2.48. The Balaban J connectivity index is 0.000000980. The van der Waals surface area contributed by atoms with Crippen LogP contribution in [0.5, 0.6) is 0 Å². The molecule has 0 atom stereocenters. The summed E-state index contributed by atoms with van der Waals surface area (Å²) in [6.45, 7) is 0. The molecule has 1 aliphatic rings. The van der Waals surface area contributed by atoms with Gasteiger partial charge in [-0.3, -0.25) is 9.78 Å². The molecule has 0 bridgehead atoms. The molecule has 0 amide bonds. The third kappa shape index (κ3) is 2.04. The van der Waals surface area contributed by atoms with Gasteiger partial charge in [0.2, 0.25) is 0 Å². The first-order valence-corrected chi connectivity index (χ1v) is 4.35. The van der Waals surface area contributed by atoms with E-state index >= 15 is 0 Å². The maximum Gasteiger partial charge on any atom is 0.309 e. The van der Waals surface area contributed by atoms with Crippen LogP contribution in [0.4, 0.5) is 0 Å². The first-order chi connectivity index (χ1) is 6.23. The first-order valence-electron chi connectivity index (χ1n) is 4.35. The van der Waals surface area contributed by atoms with Crippen LogP contribution in [0, 0.1) is 5.41 Å². The minimum absolute atomic E-state index is 0. The van der Waals surface area contributed by atoms with E-state index in [9.17, 15) is 4.79 Å². The molecular formula is C10H12ClNO2. The molecule has 1 heterocycles. The van der Waals surface area contributed by atoms with Gasteiger partial charge in [-0.15, -0.1) is 12.4 Å². The van der Waals surface area contributed by atoms with E-state index in [1.807, 2.05) is 12.1 Å². The number of carboxylic acids is 1. The second-order valence-electron chi connectivity index (χ2n) is 3.62. The normalized spacial score (nSPS) is 16.9. The molecule has 1 aromatic heterocycles. The quantitative estimate of drug-likeness (QED) is 0.835. The van der Waals surface area contributed by atoms with Crippen molar-refractivity contribution in [2.24, 2.45) is 5.41 Å². The fraction of sp³-hybridized carbons (Fsp3) is 0.400. The lowest BCUT2D eigenvalue weighted by molar-refractivity contribution is -0.143. The minimum Gasteiger partial charge on any atom is -0.481 e. The summed E-state index contributed by atoms with van der Waals surface area (Å²) in [5, 5.41) is 8.94. The van der Waals surface area contributed by atoms with Crippen LogP contribution in [0.3, 0.4) is 0 Å². The largest absolute Gasteiger partial charge is 0.481 e. The maximum absolute atomic E-state index is 10.9. The average Bonchev–Trinajstić information content (AvgIpc) is 2.87. The van der Waals surface area contributed by atoms with E-state index < -0.39 is 11.4 Å². The van der Waals surface area contributed by atoms with Gasteiger partial charge >= 0.3 is 5.97 Å². The van der Waals surface area contributed by atoms with Gasteiger partial charge in [-0.05, 0) is 30.9 Å². The molecule has 0 saturated heterocycles. The third-order valence-corrected chi connectivity index (χ3v) is 2.57. The summed E-state index contributed by atoms with van der Waals surface area (Å²) in [6.07, 6.45) is 5.66. The van der Waals surface area contributed by atoms with Crippen molar-refractivity contribution in [3.63, 3.8) is 0 Å². The van der Waals surface area contributed by atoms with Crippen LogP contribution in [0.2, 0.25) is 0 Å². The standard InChI is InChI=1S/C10H11NO2.ClH/c12-9(13)10(3-4-10)6-8-2-1-5-11-7-8;/h1-2,5,7H,3-4,6H2,(H,12,13);1H. The second kappa shape index (κ2) is 3.96. The third-order valence-electron chi connectivity index (χ3n) is 2.57. The minimum atomic E-state index is -0.670. The number of aliphatic carboxylic acids is 1. The fourth-order valence-electron chi connectivity index (χ4n) is 1.51. The van der Waals surface area contributed by atoms with Gasteiger partial charge in [-0.25, -0.2) is 0 Å². The lowest BCUT2D eigenvalue weighted by Crippen LogP contribution is -2.17. The molecule has 3 nitrogen and oxygen atoms in total. The summed E-state index contributed by atoms with van der Waals surface area (Å²) in [5.74, 6) is -0.670. The molecule has 1 saturated carbocycles. The Morgan fingerprint density at radius 2 is 2.29 bits per heavy atom. The van der Waals surface area contributed by atoms with Gasteiger partial charge in [-0.2, -0.15) is 0 Å². The number of carbonyl (C=O) groups is 1. The Morgan fingerprint density at radius 1 is 1.57 bits per heavy atom. The van der Waals surface area contributed by atoms with Crippen LogP contribution in [-0.2, 0) is 11.2 Å². The van der Waals surface area contributed by atoms with E-state index in [1.54, 1.807) is 12.4 Å². The molecule has 0 radical (unpaired) electrons. The van der Waals surface area contributed by atoms with E-state index in [0.29, 0.717) is 6.42 Å². The Hall–Kier alpha value is -1.09. The first kappa shape index (κ1) is 11.0. The lowest BCUT2D eigenvalue weighted by atomic mass is 9.98. The fourth-order valence-corrected chi connectivity index (χ4v) is 1.51. The predicted octanol–water partition coefficient (Wildman–Crippen LogP) is 1.91. The molecule has 1 fully saturated rings. The van der Waals surface area contributed by atoms with E-state index in [2.05, 4.69) is 4.98 Å². The van der Waals surface area contributed by atoms with Crippen LogP contribution in [0.1, 0.15) is 18.4 Å². The Labute approximate surface area is 88.6 Å². The molecular weight excluding hydrogens is 202 g/mol. The Morgan fingerprint density at radius 3 is 2.71 bits per heavy atom. The highest BCUT2D eigenvalue weighted by Gasteiger charge is 2.49. The van der Waals surface area contributed by atoms with Crippen molar-refractivity contribution in [1.29, 1.82) is 0 Å². The maximum atomic E-state index is 10.9. The molecule has 1 aliphatic carbocycles. The van der Waals surface area contributed by atoms with Gasteiger partial charge in [0.25, 0.3) is 0 Å². The van der Waals surface area contributed by atoms with Crippen molar-refractivity contribution in [2.75, 3.05) is 0 Å². The van der Waals surface area contributed by atoms with E-state index in [1.165, 1.54) is 0 Å². The lowest BCUT2D eigenvalue weighted by Gasteiger charge is -2.08. The van der Waals surface area contributed by atoms with Crippen molar-refractivity contribution >= 4 is 18.4 Å². The summed E-state index contributed by atoms with van der Waals surface area (Å²) < 4.78 is 0. The monoisotopic (exact) mass is 213 g/mol. The van der Waals surface area contributed by atoms with Gasteiger partial charge < -0.3 is 5.11 Å². The number of rotatable bonds is 3. The summed E-state index contributed by atoms with van der Waals surface area (Å²) in [5.41, 5.74) is 0.547. The highest BCUT2D eigenvalue weighted by molar-refractivity contribution is 5.85. The van der Waals surface area contributed by atoms with Crippen molar-refractivity contribution < 1.29 is 9.90 Å². The highest BCUT2D eigenvalue weighted by atomic mass is 35.5. The number of pyridine rings is 1. The smallest absolute Gasteiger partial charge is 0.309 e.